The zero-order valence-corrected chi connectivity index (χ0v) is 17.2. The standard InChI is InChI=1S/C23H31NO4/c1-17-5-7-18(8-6-17)21(27-14-13-25)15-24-22(26)16-28-20-11-9-19(10-12-20)23(2,3)4/h5-12,21,25H,13-16H2,1-4H3,(H,24,26). The SMILES string of the molecule is Cc1ccc(C(CNC(=O)COc2ccc(C(C)(C)C)cc2)OCCO)cc1. The summed E-state index contributed by atoms with van der Waals surface area (Å²) in [5.74, 6) is 0.444. The largest absolute Gasteiger partial charge is 0.484 e. The predicted molar refractivity (Wildman–Crippen MR) is 111 cm³/mol. The Hall–Kier alpha value is -2.37. The molecule has 0 aliphatic rings. The summed E-state index contributed by atoms with van der Waals surface area (Å²) in [7, 11) is 0. The van der Waals surface area contributed by atoms with E-state index in [1.54, 1.807) is 0 Å². The Kier molecular flexibility index (Phi) is 8.03. The van der Waals surface area contributed by atoms with Gasteiger partial charge in [-0.2, -0.15) is 0 Å². The maximum absolute atomic E-state index is 12.2. The molecule has 2 aromatic rings. The minimum atomic E-state index is -0.317. The molecule has 0 bridgehead atoms. The fourth-order valence-corrected chi connectivity index (χ4v) is 2.71. The molecule has 28 heavy (non-hydrogen) atoms. The lowest BCUT2D eigenvalue weighted by atomic mass is 9.87. The van der Waals surface area contributed by atoms with E-state index in [-0.39, 0.29) is 37.2 Å². The van der Waals surface area contributed by atoms with Crippen molar-refractivity contribution in [1.29, 1.82) is 0 Å². The van der Waals surface area contributed by atoms with E-state index in [1.807, 2.05) is 55.5 Å². The lowest BCUT2D eigenvalue weighted by Crippen LogP contribution is -2.33. The Balaban J connectivity index is 1.85. The van der Waals surface area contributed by atoms with Gasteiger partial charge >= 0.3 is 0 Å². The van der Waals surface area contributed by atoms with E-state index in [9.17, 15) is 4.79 Å². The van der Waals surface area contributed by atoms with Gasteiger partial charge < -0.3 is 19.9 Å². The van der Waals surface area contributed by atoms with Gasteiger partial charge in [-0.05, 0) is 35.6 Å². The Morgan fingerprint density at radius 3 is 2.29 bits per heavy atom. The molecular weight excluding hydrogens is 354 g/mol. The summed E-state index contributed by atoms with van der Waals surface area (Å²) < 4.78 is 11.2. The highest BCUT2D eigenvalue weighted by Gasteiger charge is 2.15. The molecule has 152 valence electrons. The van der Waals surface area contributed by atoms with Crippen molar-refractivity contribution in [1.82, 2.24) is 5.32 Å². The molecule has 0 aromatic heterocycles. The molecule has 2 N–H and O–H groups in total. The zero-order chi connectivity index (χ0) is 20.6. The number of carbonyl (C=O) groups excluding carboxylic acids is 1. The molecule has 0 aliphatic carbocycles. The summed E-state index contributed by atoms with van der Waals surface area (Å²) in [6, 6.07) is 15.7. The molecule has 1 unspecified atom stereocenters. The van der Waals surface area contributed by atoms with Crippen LogP contribution in [0.4, 0.5) is 0 Å². The molecule has 5 nitrogen and oxygen atoms in total. The second kappa shape index (κ2) is 10.2. The van der Waals surface area contributed by atoms with Crippen molar-refractivity contribution in [3.63, 3.8) is 0 Å². The molecule has 5 heteroatoms. The Labute approximate surface area is 167 Å². The van der Waals surface area contributed by atoms with E-state index < -0.39 is 0 Å². The number of amides is 1. The van der Waals surface area contributed by atoms with Gasteiger partial charge in [-0.1, -0.05) is 62.7 Å². The van der Waals surface area contributed by atoms with Crippen LogP contribution in [0.15, 0.2) is 48.5 Å². The fraction of sp³-hybridized carbons (Fsp3) is 0.435. The van der Waals surface area contributed by atoms with E-state index >= 15 is 0 Å². The number of aryl methyl sites for hydroxylation is 1. The first kappa shape index (κ1) is 21.9. The number of hydrogen-bond donors (Lipinski definition) is 2. The van der Waals surface area contributed by atoms with Crippen LogP contribution in [0.25, 0.3) is 0 Å². The van der Waals surface area contributed by atoms with Gasteiger partial charge in [0.25, 0.3) is 5.91 Å². The first-order chi connectivity index (χ1) is 13.3. The molecular formula is C23H31NO4. The molecule has 0 aliphatic heterocycles. The van der Waals surface area contributed by atoms with E-state index in [1.165, 1.54) is 5.56 Å². The Morgan fingerprint density at radius 1 is 1.07 bits per heavy atom. The maximum atomic E-state index is 12.2. The van der Waals surface area contributed by atoms with Crippen LogP contribution in [0.2, 0.25) is 0 Å². The smallest absolute Gasteiger partial charge is 0.258 e. The van der Waals surface area contributed by atoms with Crippen molar-refractivity contribution in [2.75, 3.05) is 26.4 Å². The molecule has 0 fully saturated rings. The first-order valence-corrected chi connectivity index (χ1v) is 9.58. The number of rotatable bonds is 9. The third kappa shape index (κ3) is 6.98. The molecule has 1 amide bonds. The van der Waals surface area contributed by atoms with Crippen LogP contribution in [0.1, 0.15) is 43.6 Å². The van der Waals surface area contributed by atoms with Crippen molar-refractivity contribution in [3.8, 4) is 5.75 Å². The summed E-state index contributed by atoms with van der Waals surface area (Å²) in [5.41, 5.74) is 3.40. The van der Waals surface area contributed by atoms with Crippen LogP contribution in [-0.4, -0.2) is 37.4 Å². The van der Waals surface area contributed by atoms with Crippen molar-refractivity contribution in [2.45, 2.75) is 39.2 Å². The Morgan fingerprint density at radius 2 is 1.71 bits per heavy atom. The van der Waals surface area contributed by atoms with Crippen LogP contribution in [0.3, 0.4) is 0 Å². The predicted octanol–water partition coefficient (Wildman–Crippen LogP) is 3.54. The van der Waals surface area contributed by atoms with Crippen molar-refractivity contribution in [3.05, 3.63) is 65.2 Å². The van der Waals surface area contributed by atoms with Crippen molar-refractivity contribution < 1.29 is 19.4 Å². The lowest BCUT2D eigenvalue weighted by molar-refractivity contribution is -0.123. The third-order valence-corrected chi connectivity index (χ3v) is 4.43. The van der Waals surface area contributed by atoms with Gasteiger partial charge in [0.15, 0.2) is 6.61 Å². The highest BCUT2D eigenvalue weighted by atomic mass is 16.5. The molecule has 2 aromatic carbocycles. The normalized spacial score (nSPS) is 12.5. The zero-order valence-electron chi connectivity index (χ0n) is 17.2. The van der Waals surface area contributed by atoms with E-state index in [2.05, 4.69) is 26.1 Å². The van der Waals surface area contributed by atoms with Crippen LogP contribution in [-0.2, 0) is 14.9 Å². The second-order valence-electron chi connectivity index (χ2n) is 7.86. The molecule has 0 saturated heterocycles. The average molecular weight is 386 g/mol. The minimum absolute atomic E-state index is 0.0600. The molecule has 1 atom stereocenters. The van der Waals surface area contributed by atoms with Crippen LogP contribution < -0.4 is 10.1 Å². The number of benzene rings is 2. The van der Waals surface area contributed by atoms with E-state index in [0.717, 1.165) is 11.1 Å². The summed E-state index contributed by atoms with van der Waals surface area (Å²) in [5, 5.41) is 11.9. The van der Waals surface area contributed by atoms with Gasteiger partial charge in [0, 0.05) is 6.54 Å². The number of hydrogen-bond acceptors (Lipinski definition) is 4. The lowest BCUT2D eigenvalue weighted by Gasteiger charge is -2.20. The van der Waals surface area contributed by atoms with Gasteiger partial charge in [0.2, 0.25) is 0 Å². The number of carbonyl (C=O) groups is 1. The Bertz CT molecular complexity index is 733. The highest BCUT2D eigenvalue weighted by molar-refractivity contribution is 5.77. The van der Waals surface area contributed by atoms with Crippen LogP contribution in [0.5, 0.6) is 5.75 Å². The van der Waals surface area contributed by atoms with Crippen LogP contribution in [0, 0.1) is 6.92 Å². The summed E-state index contributed by atoms with van der Waals surface area (Å²) in [6.45, 7) is 8.87. The topological polar surface area (TPSA) is 67.8 Å². The monoisotopic (exact) mass is 385 g/mol. The minimum Gasteiger partial charge on any atom is -0.484 e. The second-order valence-corrected chi connectivity index (χ2v) is 7.86. The number of ether oxygens (including phenoxy) is 2. The first-order valence-electron chi connectivity index (χ1n) is 9.58. The van der Waals surface area contributed by atoms with Crippen LogP contribution >= 0.6 is 0 Å². The van der Waals surface area contributed by atoms with E-state index in [0.29, 0.717) is 12.3 Å². The highest BCUT2D eigenvalue weighted by Crippen LogP contribution is 2.24. The van der Waals surface area contributed by atoms with Gasteiger partial charge in [-0.25, -0.2) is 0 Å². The molecule has 0 heterocycles. The third-order valence-electron chi connectivity index (χ3n) is 4.43. The van der Waals surface area contributed by atoms with Gasteiger partial charge in [-0.3, -0.25) is 4.79 Å². The molecule has 0 saturated carbocycles. The molecule has 0 spiro atoms. The summed E-state index contributed by atoms with van der Waals surface area (Å²) in [4.78, 5) is 12.2. The van der Waals surface area contributed by atoms with Crippen molar-refractivity contribution in [2.24, 2.45) is 0 Å². The number of aliphatic hydroxyl groups is 1. The van der Waals surface area contributed by atoms with Gasteiger partial charge in [-0.15, -0.1) is 0 Å². The number of nitrogens with one attached hydrogen (secondary N) is 1. The summed E-state index contributed by atoms with van der Waals surface area (Å²) >= 11 is 0. The summed E-state index contributed by atoms with van der Waals surface area (Å²) in [6.07, 6.45) is -0.317. The molecule has 0 radical (unpaired) electrons. The molecule has 2 rings (SSSR count). The van der Waals surface area contributed by atoms with Gasteiger partial charge in [0.1, 0.15) is 5.75 Å². The maximum Gasteiger partial charge on any atom is 0.258 e. The van der Waals surface area contributed by atoms with E-state index in [4.69, 9.17) is 14.6 Å². The number of aliphatic hydroxyl groups excluding tert-OH is 1. The fourth-order valence-electron chi connectivity index (χ4n) is 2.71. The van der Waals surface area contributed by atoms with Crippen molar-refractivity contribution >= 4 is 5.91 Å². The quantitative estimate of drug-likeness (QED) is 0.693. The average Bonchev–Trinajstić information content (AvgIpc) is 2.67. The van der Waals surface area contributed by atoms with Gasteiger partial charge in [0.05, 0.1) is 19.3 Å².